The van der Waals surface area contributed by atoms with E-state index in [-0.39, 0.29) is 13.2 Å². The van der Waals surface area contributed by atoms with Gasteiger partial charge in [0.2, 0.25) is 0 Å². The van der Waals surface area contributed by atoms with E-state index in [4.69, 9.17) is 4.74 Å². The van der Waals surface area contributed by atoms with Crippen LogP contribution < -0.4 is 0 Å². The minimum Gasteiger partial charge on any atom is -0.465 e. The minimum absolute atomic E-state index is 0.00935. The number of rotatable bonds is 1. The van der Waals surface area contributed by atoms with Crippen LogP contribution in [-0.4, -0.2) is 24.7 Å². The van der Waals surface area contributed by atoms with Crippen molar-refractivity contribution in [3.8, 4) is 0 Å². The van der Waals surface area contributed by atoms with Gasteiger partial charge < -0.3 is 9.47 Å². The number of hydrogen-bond donors (Lipinski definition) is 0. The molecule has 0 aromatic carbocycles. The molecule has 2 heterocycles. The van der Waals surface area contributed by atoms with Crippen LogP contribution in [0.25, 0.3) is 0 Å². The van der Waals surface area contributed by atoms with E-state index < -0.39 is 11.6 Å². The fourth-order valence-corrected chi connectivity index (χ4v) is 1.74. The fraction of sp³-hybridized carbons (Fsp3) is 0.455. The molecule has 5 heteroatoms. The van der Waals surface area contributed by atoms with E-state index in [1.165, 1.54) is 20.2 Å². The van der Waals surface area contributed by atoms with Crippen molar-refractivity contribution in [2.45, 2.75) is 19.2 Å². The summed E-state index contributed by atoms with van der Waals surface area (Å²) in [7, 11) is 1.29. The second kappa shape index (κ2) is 3.83. The molecule has 16 heavy (non-hydrogen) atoms. The maximum Gasteiger partial charge on any atom is 0.339 e. The number of esters is 1. The highest BCUT2D eigenvalue weighted by atomic mass is 19.1. The summed E-state index contributed by atoms with van der Waals surface area (Å²) in [5.74, 6) is -0.485. The summed E-state index contributed by atoms with van der Waals surface area (Å²) >= 11 is 0. The zero-order valence-electron chi connectivity index (χ0n) is 9.12. The lowest BCUT2D eigenvalue weighted by molar-refractivity contribution is -0.00800. The lowest BCUT2D eigenvalue weighted by Gasteiger charge is -2.27. The number of halogens is 1. The molecule has 0 fully saturated rings. The van der Waals surface area contributed by atoms with Crippen molar-refractivity contribution in [1.82, 2.24) is 4.98 Å². The molecule has 86 valence electrons. The summed E-state index contributed by atoms with van der Waals surface area (Å²) in [6.07, 6.45) is 1.33. The van der Waals surface area contributed by atoms with Crippen LogP contribution in [0.15, 0.2) is 12.3 Å². The second-order valence-corrected chi connectivity index (χ2v) is 3.91. The van der Waals surface area contributed by atoms with E-state index in [1.54, 1.807) is 6.07 Å². The van der Waals surface area contributed by atoms with Crippen molar-refractivity contribution in [3.63, 3.8) is 0 Å². The molecule has 2 rings (SSSR count). The average Bonchev–Trinajstić information content (AvgIpc) is 2.27. The number of fused-ring (bicyclic) bond motifs is 1. The number of aromatic nitrogens is 1. The Morgan fingerprint density at radius 2 is 2.44 bits per heavy atom. The van der Waals surface area contributed by atoms with Gasteiger partial charge in [-0.2, -0.15) is 0 Å². The molecule has 4 nitrogen and oxygen atoms in total. The fourth-order valence-electron chi connectivity index (χ4n) is 1.74. The molecule has 0 saturated heterocycles. The molecule has 1 aromatic heterocycles. The van der Waals surface area contributed by atoms with Crippen molar-refractivity contribution in [1.29, 1.82) is 0 Å². The second-order valence-electron chi connectivity index (χ2n) is 3.91. The van der Waals surface area contributed by atoms with E-state index in [1.807, 2.05) is 0 Å². The van der Waals surface area contributed by atoms with E-state index in [2.05, 4.69) is 9.72 Å². The van der Waals surface area contributed by atoms with E-state index in [0.29, 0.717) is 16.8 Å². The molecule has 1 aromatic rings. The number of carbonyl (C=O) groups is 1. The van der Waals surface area contributed by atoms with Gasteiger partial charge in [0.25, 0.3) is 0 Å². The van der Waals surface area contributed by atoms with Crippen molar-refractivity contribution < 1.29 is 18.7 Å². The summed E-state index contributed by atoms with van der Waals surface area (Å²) in [4.78, 5) is 15.2. The Hall–Kier alpha value is -1.49. The first-order chi connectivity index (χ1) is 7.54. The Kier molecular flexibility index (Phi) is 2.63. The third kappa shape index (κ3) is 1.78. The number of nitrogens with zero attached hydrogens (tertiary/aromatic N) is 1. The van der Waals surface area contributed by atoms with Gasteiger partial charge in [0.05, 0.1) is 31.6 Å². The van der Waals surface area contributed by atoms with E-state index in [0.717, 1.165) is 0 Å². The number of hydrogen-bond acceptors (Lipinski definition) is 4. The number of pyridine rings is 1. The molecule has 1 atom stereocenters. The Morgan fingerprint density at radius 1 is 1.69 bits per heavy atom. The topological polar surface area (TPSA) is 48.4 Å². The molecule has 1 aliphatic heterocycles. The molecule has 0 N–H and O–H groups in total. The first-order valence-corrected chi connectivity index (χ1v) is 4.89. The standard InChI is InChI=1S/C11H12FNO3/c1-11(12)6-16-5-8-3-7(10(14)15-2)4-13-9(8)11/h3-4H,5-6H2,1-2H3. The SMILES string of the molecule is COC(=O)c1cnc2c(c1)COCC2(C)F. The third-order valence-corrected chi connectivity index (χ3v) is 2.51. The van der Waals surface area contributed by atoms with Crippen LogP contribution >= 0.6 is 0 Å². The summed E-state index contributed by atoms with van der Waals surface area (Å²) in [6.45, 7) is 1.67. The Morgan fingerprint density at radius 3 is 3.12 bits per heavy atom. The normalized spacial score (nSPS) is 23.7. The van der Waals surface area contributed by atoms with E-state index in [9.17, 15) is 9.18 Å². The summed E-state index contributed by atoms with van der Waals surface area (Å²) < 4.78 is 23.7. The lowest BCUT2D eigenvalue weighted by atomic mass is 9.97. The number of alkyl halides is 1. The van der Waals surface area contributed by atoms with Gasteiger partial charge in [-0.25, -0.2) is 9.18 Å². The maximum absolute atomic E-state index is 14.0. The highest BCUT2D eigenvalue weighted by molar-refractivity contribution is 5.89. The van der Waals surface area contributed by atoms with Crippen molar-refractivity contribution in [2.24, 2.45) is 0 Å². The quantitative estimate of drug-likeness (QED) is 0.681. The van der Waals surface area contributed by atoms with Crippen molar-refractivity contribution >= 4 is 5.97 Å². The van der Waals surface area contributed by atoms with Crippen LogP contribution in [0, 0.1) is 0 Å². The van der Waals surface area contributed by atoms with Gasteiger partial charge in [-0.05, 0) is 13.0 Å². The molecule has 0 aliphatic carbocycles. The molecule has 1 aliphatic rings. The Bertz CT molecular complexity index is 431. The summed E-state index contributed by atoms with van der Waals surface area (Å²) in [5, 5.41) is 0. The predicted molar refractivity (Wildman–Crippen MR) is 53.7 cm³/mol. The Labute approximate surface area is 92.4 Å². The van der Waals surface area contributed by atoms with Crippen LogP contribution in [0.5, 0.6) is 0 Å². The monoisotopic (exact) mass is 225 g/mol. The van der Waals surface area contributed by atoms with Gasteiger partial charge in [-0.3, -0.25) is 4.98 Å². The van der Waals surface area contributed by atoms with Gasteiger partial charge in [0.15, 0.2) is 5.67 Å². The molecule has 0 amide bonds. The zero-order chi connectivity index (χ0) is 11.8. The molecule has 1 unspecified atom stereocenters. The molecule has 0 saturated carbocycles. The molecule has 0 radical (unpaired) electrons. The van der Waals surface area contributed by atoms with Gasteiger partial charge >= 0.3 is 5.97 Å². The minimum atomic E-state index is -1.60. The highest BCUT2D eigenvalue weighted by Gasteiger charge is 2.34. The largest absolute Gasteiger partial charge is 0.465 e. The van der Waals surface area contributed by atoms with Crippen LogP contribution in [0.3, 0.4) is 0 Å². The first kappa shape index (κ1) is 11.0. The van der Waals surface area contributed by atoms with Crippen LogP contribution in [0.2, 0.25) is 0 Å². The highest BCUT2D eigenvalue weighted by Crippen LogP contribution is 2.32. The molecule has 0 spiro atoms. The average molecular weight is 225 g/mol. The molecular weight excluding hydrogens is 213 g/mol. The van der Waals surface area contributed by atoms with Crippen molar-refractivity contribution in [3.05, 3.63) is 29.1 Å². The summed E-state index contributed by atoms with van der Waals surface area (Å²) in [6, 6.07) is 1.56. The van der Waals surface area contributed by atoms with Crippen LogP contribution in [0.4, 0.5) is 4.39 Å². The maximum atomic E-state index is 14.0. The summed E-state index contributed by atoms with van der Waals surface area (Å²) in [5.41, 5.74) is -0.351. The van der Waals surface area contributed by atoms with Gasteiger partial charge in [-0.1, -0.05) is 0 Å². The van der Waals surface area contributed by atoms with Crippen molar-refractivity contribution in [2.75, 3.05) is 13.7 Å². The van der Waals surface area contributed by atoms with Gasteiger partial charge in [-0.15, -0.1) is 0 Å². The van der Waals surface area contributed by atoms with Crippen LogP contribution in [-0.2, 0) is 21.7 Å². The number of carbonyl (C=O) groups excluding carboxylic acids is 1. The lowest BCUT2D eigenvalue weighted by Crippen LogP contribution is -2.30. The third-order valence-electron chi connectivity index (χ3n) is 2.51. The smallest absolute Gasteiger partial charge is 0.339 e. The Balaban J connectivity index is 2.43. The number of ether oxygens (including phenoxy) is 2. The molecular formula is C11H12FNO3. The zero-order valence-corrected chi connectivity index (χ0v) is 9.12. The van der Waals surface area contributed by atoms with E-state index >= 15 is 0 Å². The number of methoxy groups -OCH3 is 1. The first-order valence-electron chi connectivity index (χ1n) is 4.89. The molecule has 0 bridgehead atoms. The van der Waals surface area contributed by atoms with Crippen LogP contribution in [0.1, 0.15) is 28.5 Å². The predicted octanol–water partition coefficient (Wildman–Crippen LogP) is 1.58. The van der Waals surface area contributed by atoms with Gasteiger partial charge in [0.1, 0.15) is 0 Å². The van der Waals surface area contributed by atoms with Gasteiger partial charge in [0, 0.05) is 11.8 Å².